The largest absolute Gasteiger partial charge is 0.355 e. The maximum absolute atomic E-state index is 12.8. The molecule has 1 saturated heterocycles. The summed E-state index contributed by atoms with van der Waals surface area (Å²) >= 11 is 0. The van der Waals surface area contributed by atoms with Gasteiger partial charge in [-0.1, -0.05) is 42.5 Å². The van der Waals surface area contributed by atoms with Gasteiger partial charge in [0, 0.05) is 19.6 Å². The van der Waals surface area contributed by atoms with Crippen LogP contribution in [0.1, 0.15) is 30.0 Å². The quantitative estimate of drug-likeness (QED) is 0.745. The first-order valence-electron chi connectivity index (χ1n) is 9.49. The lowest BCUT2D eigenvalue weighted by Crippen LogP contribution is -2.31. The van der Waals surface area contributed by atoms with Crippen molar-refractivity contribution >= 4 is 22.8 Å². The molecule has 1 N–H and O–H groups in total. The first kappa shape index (κ1) is 17.9. The monoisotopic (exact) mass is 371 g/mol. The minimum absolute atomic E-state index is 0.351. The summed E-state index contributed by atoms with van der Waals surface area (Å²) in [7, 11) is 0. The van der Waals surface area contributed by atoms with Crippen LogP contribution < -0.4 is 10.2 Å². The number of para-hydroxylation sites is 2. The molecule has 2 aromatic carbocycles. The Morgan fingerprint density at radius 1 is 1.04 bits per heavy atom. The fourth-order valence-corrected chi connectivity index (χ4v) is 3.49. The Labute approximate surface area is 163 Å². The number of benzene rings is 2. The molecule has 1 aliphatic heterocycles. The fraction of sp³-hybridized carbons (Fsp3) is 0.273. The first-order valence-corrected chi connectivity index (χ1v) is 9.49. The molecular weight excluding hydrogens is 350 g/mol. The molecule has 2 heterocycles. The minimum atomic E-state index is -1.00. The van der Waals surface area contributed by atoms with E-state index in [4.69, 9.17) is 4.98 Å². The van der Waals surface area contributed by atoms with Crippen molar-refractivity contribution in [2.45, 2.75) is 25.3 Å². The van der Waals surface area contributed by atoms with Crippen LogP contribution in [0.4, 0.5) is 5.82 Å². The van der Waals surface area contributed by atoms with E-state index in [1.54, 1.807) is 0 Å². The van der Waals surface area contributed by atoms with Crippen LogP contribution >= 0.6 is 0 Å². The smallest absolute Gasteiger partial charge is 0.243 e. The van der Waals surface area contributed by atoms with Gasteiger partial charge >= 0.3 is 0 Å². The van der Waals surface area contributed by atoms with E-state index in [0.29, 0.717) is 23.6 Å². The summed E-state index contributed by atoms with van der Waals surface area (Å²) in [6.07, 6.45) is 2.15. The Balaban J connectivity index is 1.67. The SMILES string of the molecule is N#C[C@@H](C(=O)NCc1ccccc1)c1nc2ccccc2nc1N1CCCC1. The number of nitrogens with one attached hydrogen (secondary N) is 1. The molecule has 0 unspecified atom stereocenters. The number of anilines is 1. The molecule has 0 radical (unpaired) electrons. The van der Waals surface area contributed by atoms with Gasteiger partial charge in [-0.2, -0.15) is 5.26 Å². The Morgan fingerprint density at radius 2 is 1.68 bits per heavy atom. The van der Waals surface area contributed by atoms with Crippen molar-refractivity contribution in [3.63, 3.8) is 0 Å². The van der Waals surface area contributed by atoms with Crippen molar-refractivity contribution < 1.29 is 4.79 Å². The molecule has 4 rings (SSSR count). The molecule has 1 aromatic heterocycles. The van der Waals surface area contributed by atoms with Crippen LogP contribution in [0.5, 0.6) is 0 Å². The van der Waals surface area contributed by atoms with Crippen LogP contribution in [-0.2, 0) is 11.3 Å². The highest BCUT2D eigenvalue weighted by atomic mass is 16.1. The second-order valence-electron chi connectivity index (χ2n) is 6.88. The lowest BCUT2D eigenvalue weighted by atomic mass is 10.0. The molecule has 140 valence electrons. The summed E-state index contributed by atoms with van der Waals surface area (Å²) in [4.78, 5) is 24.4. The number of carbonyl (C=O) groups is 1. The number of hydrogen-bond donors (Lipinski definition) is 1. The number of amides is 1. The van der Waals surface area contributed by atoms with E-state index in [1.165, 1.54) is 0 Å². The van der Waals surface area contributed by atoms with Gasteiger partial charge in [-0.25, -0.2) is 9.97 Å². The molecule has 28 heavy (non-hydrogen) atoms. The maximum Gasteiger partial charge on any atom is 0.243 e. The molecule has 1 fully saturated rings. The van der Waals surface area contributed by atoms with Gasteiger partial charge in [0.15, 0.2) is 11.7 Å². The molecule has 6 heteroatoms. The molecule has 6 nitrogen and oxygen atoms in total. The standard InChI is InChI=1S/C22H21N5O/c23-14-17(22(28)24-15-16-8-2-1-3-9-16)20-21(27-12-6-7-13-27)26-19-11-5-4-10-18(19)25-20/h1-5,8-11,17H,6-7,12-13,15H2,(H,24,28)/t17-/m1/s1. The molecular formula is C22H21N5O. The number of aromatic nitrogens is 2. The summed E-state index contributed by atoms with van der Waals surface area (Å²) in [5, 5.41) is 12.7. The van der Waals surface area contributed by atoms with Gasteiger partial charge in [-0.05, 0) is 30.5 Å². The summed E-state index contributed by atoms with van der Waals surface area (Å²) in [6.45, 7) is 2.10. The molecule has 1 aliphatic rings. The number of hydrogen-bond acceptors (Lipinski definition) is 5. The van der Waals surface area contributed by atoms with Crippen molar-refractivity contribution in [2.24, 2.45) is 0 Å². The second-order valence-corrected chi connectivity index (χ2v) is 6.88. The van der Waals surface area contributed by atoms with E-state index in [-0.39, 0.29) is 5.91 Å². The first-order chi connectivity index (χ1) is 13.8. The predicted molar refractivity (Wildman–Crippen MR) is 108 cm³/mol. The maximum atomic E-state index is 12.8. The highest BCUT2D eigenvalue weighted by Crippen LogP contribution is 2.29. The summed E-state index contributed by atoms with van der Waals surface area (Å²) < 4.78 is 0. The van der Waals surface area contributed by atoms with Gasteiger partial charge in [0.2, 0.25) is 5.91 Å². The lowest BCUT2D eigenvalue weighted by Gasteiger charge is -2.21. The summed E-state index contributed by atoms with van der Waals surface area (Å²) in [6, 6.07) is 19.3. The molecule has 0 spiro atoms. The van der Waals surface area contributed by atoms with Crippen molar-refractivity contribution in [1.29, 1.82) is 5.26 Å². The zero-order valence-corrected chi connectivity index (χ0v) is 15.5. The number of rotatable bonds is 5. The predicted octanol–water partition coefficient (Wildman–Crippen LogP) is 3.15. The van der Waals surface area contributed by atoms with E-state index >= 15 is 0 Å². The van der Waals surface area contributed by atoms with Crippen LogP contribution in [0.2, 0.25) is 0 Å². The third-order valence-corrected chi connectivity index (χ3v) is 4.96. The third-order valence-electron chi connectivity index (χ3n) is 4.96. The van der Waals surface area contributed by atoms with Crippen molar-refractivity contribution in [1.82, 2.24) is 15.3 Å². The van der Waals surface area contributed by atoms with E-state index < -0.39 is 5.92 Å². The Morgan fingerprint density at radius 3 is 2.36 bits per heavy atom. The fourth-order valence-electron chi connectivity index (χ4n) is 3.49. The van der Waals surface area contributed by atoms with Crippen LogP contribution in [0, 0.1) is 11.3 Å². The van der Waals surface area contributed by atoms with Crippen LogP contribution in [0.15, 0.2) is 54.6 Å². The van der Waals surface area contributed by atoms with Gasteiger partial charge in [0.05, 0.1) is 17.1 Å². The van der Waals surface area contributed by atoms with Crippen LogP contribution in [0.25, 0.3) is 11.0 Å². The second kappa shape index (κ2) is 8.05. The van der Waals surface area contributed by atoms with E-state index in [2.05, 4.69) is 21.3 Å². The third kappa shape index (κ3) is 3.65. The Hall–Kier alpha value is -3.46. The highest BCUT2D eigenvalue weighted by molar-refractivity contribution is 5.88. The van der Waals surface area contributed by atoms with E-state index in [9.17, 15) is 10.1 Å². The van der Waals surface area contributed by atoms with Crippen LogP contribution in [0.3, 0.4) is 0 Å². The minimum Gasteiger partial charge on any atom is -0.355 e. The van der Waals surface area contributed by atoms with E-state index in [0.717, 1.165) is 37.0 Å². The van der Waals surface area contributed by atoms with Gasteiger partial charge in [-0.15, -0.1) is 0 Å². The van der Waals surface area contributed by atoms with Crippen molar-refractivity contribution in [3.8, 4) is 6.07 Å². The van der Waals surface area contributed by atoms with Gasteiger partial charge in [0.1, 0.15) is 5.69 Å². The van der Waals surface area contributed by atoms with Crippen molar-refractivity contribution in [3.05, 3.63) is 65.9 Å². The van der Waals surface area contributed by atoms with E-state index in [1.807, 2.05) is 54.6 Å². The average Bonchev–Trinajstić information content (AvgIpc) is 3.28. The zero-order valence-electron chi connectivity index (χ0n) is 15.5. The van der Waals surface area contributed by atoms with Gasteiger partial charge < -0.3 is 10.2 Å². The number of nitriles is 1. The summed E-state index contributed by atoms with van der Waals surface area (Å²) in [5.41, 5.74) is 2.89. The number of nitrogens with zero attached hydrogens (tertiary/aromatic N) is 4. The molecule has 3 aromatic rings. The molecule has 1 amide bonds. The molecule has 0 bridgehead atoms. The zero-order chi connectivity index (χ0) is 19.3. The van der Waals surface area contributed by atoms with Crippen molar-refractivity contribution in [2.75, 3.05) is 18.0 Å². The Kier molecular flexibility index (Phi) is 5.16. The molecule has 0 aliphatic carbocycles. The van der Waals surface area contributed by atoms with Gasteiger partial charge in [-0.3, -0.25) is 4.79 Å². The molecule has 0 saturated carbocycles. The molecule has 1 atom stereocenters. The normalized spacial score (nSPS) is 14.6. The summed E-state index contributed by atoms with van der Waals surface area (Å²) in [5.74, 6) is -0.703. The van der Waals surface area contributed by atoms with Gasteiger partial charge in [0.25, 0.3) is 0 Å². The lowest BCUT2D eigenvalue weighted by molar-refractivity contribution is -0.121. The highest BCUT2D eigenvalue weighted by Gasteiger charge is 2.29. The topological polar surface area (TPSA) is 81.9 Å². The van der Waals surface area contributed by atoms with Crippen LogP contribution in [-0.4, -0.2) is 29.0 Å². The average molecular weight is 371 g/mol. The number of fused-ring (bicyclic) bond motifs is 1. The number of carbonyl (C=O) groups excluding carboxylic acids is 1. The Bertz CT molecular complexity index is 1020.